The largest absolute Gasteiger partial charge is 0.490 e. The van der Waals surface area contributed by atoms with Gasteiger partial charge in [0.25, 0.3) is 5.91 Å². The Balaban J connectivity index is 2.14. The van der Waals surface area contributed by atoms with E-state index in [2.05, 4.69) is 0 Å². The number of carbonyl (C=O) groups excluding carboxylic acids is 1. The van der Waals surface area contributed by atoms with Crippen molar-refractivity contribution in [1.29, 1.82) is 0 Å². The van der Waals surface area contributed by atoms with Crippen LogP contribution in [0.2, 0.25) is 0 Å². The Morgan fingerprint density at radius 1 is 1.15 bits per heavy atom. The zero-order valence-electron chi connectivity index (χ0n) is 12.6. The first-order valence-corrected chi connectivity index (χ1v) is 7.81. The molecule has 0 saturated heterocycles. The van der Waals surface area contributed by atoms with E-state index in [4.69, 9.17) is 4.74 Å². The van der Waals surface area contributed by atoms with Crippen LogP contribution in [0.25, 0.3) is 0 Å². The minimum Gasteiger partial charge on any atom is -0.490 e. The summed E-state index contributed by atoms with van der Waals surface area (Å²) >= 11 is 0. The van der Waals surface area contributed by atoms with Gasteiger partial charge in [0.1, 0.15) is 5.75 Å². The highest BCUT2D eigenvalue weighted by Gasteiger charge is 2.20. The number of hydrogen-bond acceptors (Lipinski definition) is 2. The predicted molar refractivity (Wildman–Crippen MR) is 81.2 cm³/mol. The minimum absolute atomic E-state index is 0.0707. The highest BCUT2D eigenvalue weighted by atomic mass is 16.5. The summed E-state index contributed by atoms with van der Waals surface area (Å²) < 4.78 is 6.10. The van der Waals surface area contributed by atoms with Gasteiger partial charge in [-0.05, 0) is 51.7 Å². The maximum Gasteiger partial charge on any atom is 0.257 e. The average molecular weight is 275 g/mol. The Bertz CT molecular complexity index is 434. The molecule has 2 rings (SSSR count). The molecular formula is C17H25NO2. The first-order chi connectivity index (χ1) is 9.76. The molecule has 0 bridgehead atoms. The van der Waals surface area contributed by atoms with Gasteiger partial charge in [0.2, 0.25) is 0 Å². The van der Waals surface area contributed by atoms with Crippen molar-refractivity contribution < 1.29 is 9.53 Å². The number of amides is 1. The van der Waals surface area contributed by atoms with Gasteiger partial charge >= 0.3 is 0 Å². The molecule has 1 aromatic carbocycles. The monoisotopic (exact) mass is 275 g/mol. The zero-order chi connectivity index (χ0) is 14.4. The SMILES string of the molecule is CCN(CC)C(=O)c1ccccc1OC1CCCCC1. The number of para-hydroxylation sites is 1. The van der Waals surface area contributed by atoms with E-state index in [0.717, 1.165) is 31.7 Å². The number of carbonyl (C=O) groups is 1. The molecule has 1 aliphatic carbocycles. The molecule has 0 radical (unpaired) electrons. The topological polar surface area (TPSA) is 29.5 Å². The first-order valence-electron chi connectivity index (χ1n) is 7.81. The van der Waals surface area contributed by atoms with Crippen molar-refractivity contribution in [2.45, 2.75) is 52.1 Å². The van der Waals surface area contributed by atoms with Gasteiger partial charge in [-0.3, -0.25) is 4.79 Å². The normalized spacial score (nSPS) is 15.9. The van der Waals surface area contributed by atoms with Gasteiger partial charge in [-0.15, -0.1) is 0 Å². The summed E-state index contributed by atoms with van der Waals surface area (Å²) in [4.78, 5) is 14.4. The van der Waals surface area contributed by atoms with Gasteiger partial charge in [0.05, 0.1) is 11.7 Å². The Morgan fingerprint density at radius 3 is 2.45 bits per heavy atom. The molecule has 0 unspecified atom stereocenters. The molecule has 0 aromatic heterocycles. The summed E-state index contributed by atoms with van der Waals surface area (Å²) in [5, 5.41) is 0. The van der Waals surface area contributed by atoms with Crippen molar-refractivity contribution in [2.24, 2.45) is 0 Å². The number of ether oxygens (including phenoxy) is 1. The van der Waals surface area contributed by atoms with Gasteiger partial charge in [0, 0.05) is 13.1 Å². The molecule has 1 amide bonds. The molecule has 3 nitrogen and oxygen atoms in total. The van der Waals surface area contributed by atoms with Crippen molar-refractivity contribution in [1.82, 2.24) is 4.90 Å². The van der Waals surface area contributed by atoms with Crippen molar-refractivity contribution in [2.75, 3.05) is 13.1 Å². The molecule has 20 heavy (non-hydrogen) atoms. The molecule has 0 heterocycles. The van der Waals surface area contributed by atoms with Gasteiger partial charge < -0.3 is 9.64 Å². The maximum absolute atomic E-state index is 12.5. The average Bonchev–Trinajstić information content (AvgIpc) is 2.50. The minimum atomic E-state index is 0.0707. The summed E-state index contributed by atoms with van der Waals surface area (Å²) in [6.45, 7) is 5.47. The maximum atomic E-state index is 12.5. The van der Waals surface area contributed by atoms with Crippen LogP contribution in [0.4, 0.5) is 0 Å². The lowest BCUT2D eigenvalue weighted by Crippen LogP contribution is -2.31. The van der Waals surface area contributed by atoms with Gasteiger partial charge in [-0.25, -0.2) is 0 Å². The van der Waals surface area contributed by atoms with Crippen LogP contribution in [0.3, 0.4) is 0 Å². The quantitative estimate of drug-likeness (QED) is 0.816. The Hall–Kier alpha value is -1.51. The Morgan fingerprint density at radius 2 is 1.80 bits per heavy atom. The van der Waals surface area contributed by atoms with E-state index >= 15 is 0 Å². The van der Waals surface area contributed by atoms with Crippen LogP contribution < -0.4 is 4.74 Å². The van der Waals surface area contributed by atoms with Crippen molar-refractivity contribution in [3.8, 4) is 5.75 Å². The van der Waals surface area contributed by atoms with Crippen LogP contribution in [-0.4, -0.2) is 30.0 Å². The fourth-order valence-electron chi connectivity index (χ4n) is 2.79. The number of nitrogens with zero attached hydrogens (tertiary/aromatic N) is 1. The lowest BCUT2D eigenvalue weighted by molar-refractivity contribution is 0.0762. The van der Waals surface area contributed by atoms with Crippen molar-refractivity contribution in [3.05, 3.63) is 29.8 Å². The second-order valence-corrected chi connectivity index (χ2v) is 5.35. The van der Waals surface area contributed by atoms with Crippen LogP contribution >= 0.6 is 0 Å². The molecular weight excluding hydrogens is 250 g/mol. The molecule has 1 saturated carbocycles. The number of benzene rings is 1. The molecule has 0 atom stereocenters. The lowest BCUT2D eigenvalue weighted by atomic mass is 9.97. The van der Waals surface area contributed by atoms with Crippen molar-refractivity contribution in [3.63, 3.8) is 0 Å². The Kier molecular flexibility index (Phi) is 5.45. The molecule has 1 aromatic rings. The van der Waals surface area contributed by atoms with Crippen molar-refractivity contribution >= 4 is 5.91 Å². The van der Waals surface area contributed by atoms with E-state index < -0.39 is 0 Å². The van der Waals surface area contributed by atoms with Gasteiger partial charge in [0.15, 0.2) is 0 Å². The zero-order valence-corrected chi connectivity index (χ0v) is 12.6. The van der Waals surface area contributed by atoms with E-state index in [1.165, 1.54) is 19.3 Å². The van der Waals surface area contributed by atoms with E-state index in [9.17, 15) is 4.79 Å². The fraction of sp³-hybridized carbons (Fsp3) is 0.588. The van der Waals surface area contributed by atoms with Crippen LogP contribution in [-0.2, 0) is 0 Å². The molecule has 0 spiro atoms. The summed E-state index contributed by atoms with van der Waals surface area (Å²) in [7, 11) is 0. The second kappa shape index (κ2) is 7.32. The molecule has 3 heteroatoms. The fourth-order valence-corrected chi connectivity index (χ4v) is 2.79. The highest BCUT2D eigenvalue weighted by molar-refractivity contribution is 5.96. The molecule has 1 aliphatic rings. The number of hydrogen-bond donors (Lipinski definition) is 0. The van der Waals surface area contributed by atoms with Crippen LogP contribution in [0.15, 0.2) is 24.3 Å². The third-order valence-corrected chi connectivity index (χ3v) is 4.01. The summed E-state index contributed by atoms with van der Waals surface area (Å²) in [6, 6.07) is 7.64. The third kappa shape index (κ3) is 3.53. The van der Waals surface area contributed by atoms with Crippen LogP contribution in [0.5, 0.6) is 5.75 Å². The summed E-state index contributed by atoms with van der Waals surface area (Å²) in [6.07, 6.45) is 6.25. The predicted octanol–water partition coefficient (Wildman–Crippen LogP) is 3.88. The van der Waals surface area contributed by atoms with Crippen LogP contribution in [0.1, 0.15) is 56.3 Å². The molecule has 110 valence electrons. The van der Waals surface area contributed by atoms with E-state index in [1.54, 1.807) is 0 Å². The second-order valence-electron chi connectivity index (χ2n) is 5.35. The van der Waals surface area contributed by atoms with E-state index in [-0.39, 0.29) is 12.0 Å². The van der Waals surface area contributed by atoms with Gasteiger partial charge in [-0.2, -0.15) is 0 Å². The first kappa shape index (κ1) is 14.9. The summed E-state index contributed by atoms with van der Waals surface area (Å²) in [5.74, 6) is 0.817. The van der Waals surface area contributed by atoms with E-state index in [0.29, 0.717) is 5.56 Å². The summed E-state index contributed by atoms with van der Waals surface area (Å²) in [5.41, 5.74) is 0.696. The smallest absolute Gasteiger partial charge is 0.257 e. The standard InChI is InChI=1S/C17H25NO2/c1-3-18(4-2)17(19)15-12-8-9-13-16(15)20-14-10-6-5-7-11-14/h8-9,12-14H,3-7,10-11H2,1-2H3. The highest BCUT2D eigenvalue weighted by Crippen LogP contribution is 2.26. The molecule has 0 N–H and O–H groups in total. The molecule has 0 aliphatic heterocycles. The lowest BCUT2D eigenvalue weighted by Gasteiger charge is -2.25. The molecule has 1 fully saturated rings. The third-order valence-electron chi connectivity index (χ3n) is 4.01. The number of rotatable bonds is 5. The Labute approximate surface area is 121 Å². The van der Waals surface area contributed by atoms with E-state index in [1.807, 2.05) is 43.0 Å². The van der Waals surface area contributed by atoms with Gasteiger partial charge in [-0.1, -0.05) is 18.6 Å². The van der Waals surface area contributed by atoms with Crippen LogP contribution in [0, 0.1) is 0 Å².